The lowest BCUT2D eigenvalue weighted by Crippen LogP contribution is -2.35. The number of rotatable bonds is 3. The van der Waals surface area contributed by atoms with E-state index >= 15 is 0 Å². The predicted octanol–water partition coefficient (Wildman–Crippen LogP) is 2.87. The summed E-state index contributed by atoms with van der Waals surface area (Å²) in [4.78, 5) is 14.7. The van der Waals surface area contributed by atoms with Crippen molar-refractivity contribution in [1.29, 1.82) is 0 Å². The SMILES string of the molecule is N[C@@H]1CCC[C@H]1CC(=O)N1CCCC1c1ccccc1. The van der Waals surface area contributed by atoms with Crippen LogP contribution < -0.4 is 5.73 Å². The Bertz CT molecular complexity index is 459. The van der Waals surface area contributed by atoms with Gasteiger partial charge in [0.05, 0.1) is 6.04 Å². The van der Waals surface area contributed by atoms with Crippen LogP contribution >= 0.6 is 0 Å². The first-order valence-corrected chi connectivity index (χ1v) is 7.85. The number of carbonyl (C=O) groups excluding carboxylic acids is 1. The second kappa shape index (κ2) is 5.96. The number of hydrogen-bond donors (Lipinski definition) is 1. The average molecular weight is 272 g/mol. The summed E-state index contributed by atoms with van der Waals surface area (Å²) >= 11 is 0. The van der Waals surface area contributed by atoms with E-state index in [1.165, 1.54) is 12.0 Å². The van der Waals surface area contributed by atoms with Gasteiger partial charge in [-0.05, 0) is 37.2 Å². The maximum atomic E-state index is 12.6. The molecule has 3 heteroatoms. The molecule has 1 saturated heterocycles. The van der Waals surface area contributed by atoms with Gasteiger partial charge < -0.3 is 10.6 Å². The fourth-order valence-corrected chi connectivity index (χ4v) is 3.75. The van der Waals surface area contributed by atoms with E-state index in [0.717, 1.165) is 32.2 Å². The molecule has 1 saturated carbocycles. The van der Waals surface area contributed by atoms with Gasteiger partial charge in [-0.3, -0.25) is 4.79 Å². The zero-order valence-corrected chi connectivity index (χ0v) is 12.0. The molecule has 0 spiro atoms. The van der Waals surface area contributed by atoms with Gasteiger partial charge in [0.25, 0.3) is 0 Å². The molecule has 2 aliphatic rings. The number of nitrogens with two attached hydrogens (primary N) is 1. The number of amides is 1. The van der Waals surface area contributed by atoms with Crippen LogP contribution in [0.5, 0.6) is 0 Å². The van der Waals surface area contributed by atoms with Gasteiger partial charge in [0.2, 0.25) is 5.91 Å². The van der Waals surface area contributed by atoms with Gasteiger partial charge in [0.1, 0.15) is 0 Å². The Kier molecular flexibility index (Phi) is 4.06. The quantitative estimate of drug-likeness (QED) is 0.919. The maximum absolute atomic E-state index is 12.6. The zero-order valence-electron chi connectivity index (χ0n) is 12.0. The van der Waals surface area contributed by atoms with Crippen LogP contribution in [0.15, 0.2) is 30.3 Å². The van der Waals surface area contributed by atoms with E-state index in [1.807, 2.05) is 6.07 Å². The minimum atomic E-state index is 0.233. The molecule has 1 unspecified atom stereocenters. The van der Waals surface area contributed by atoms with Crippen molar-refractivity contribution < 1.29 is 4.79 Å². The molecular formula is C17H24N2O. The fraction of sp³-hybridized carbons (Fsp3) is 0.588. The van der Waals surface area contributed by atoms with Gasteiger partial charge >= 0.3 is 0 Å². The standard InChI is InChI=1S/C17H24N2O/c18-15-9-4-8-14(15)12-17(20)19-11-5-10-16(19)13-6-2-1-3-7-13/h1-3,6-7,14-16H,4-5,8-12,18H2/t14-,15+,16?/m0/s1. The lowest BCUT2D eigenvalue weighted by atomic mass is 9.98. The van der Waals surface area contributed by atoms with Crippen LogP contribution in [0, 0.1) is 5.92 Å². The van der Waals surface area contributed by atoms with Crippen LogP contribution in [-0.4, -0.2) is 23.4 Å². The van der Waals surface area contributed by atoms with E-state index in [9.17, 15) is 4.79 Å². The van der Waals surface area contributed by atoms with Gasteiger partial charge in [-0.1, -0.05) is 36.8 Å². The molecular weight excluding hydrogens is 248 g/mol. The van der Waals surface area contributed by atoms with E-state index in [1.54, 1.807) is 0 Å². The van der Waals surface area contributed by atoms with E-state index in [-0.39, 0.29) is 12.1 Å². The van der Waals surface area contributed by atoms with Crippen LogP contribution in [0.25, 0.3) is 0 Å². The molecule has 1 aliphatic heterocycles. The third-order valence-electron chi connectivity index (χ3n) is 4.91. The first-order valence-electron chi connectivity index (χ1n) is 7.85. The van der Waals surface area contributed by atoms with E-state index < -0.39 is 0 Å². The molecule has 0 radical (unpaired) electrons. The summed E-state index contributed by atoms with van der Waals surface area (Å²) in [5.41, 5.74) is 7.37. The third kappa shape index (κ3) is 2.73. The Morgan fingerprint density at radius 3 is 2.65 bits per heavy atom. The Hall–Kier alpha value is -1.35. The molecule has 3 atom stereocenters. The summed E-state index contributed by atoms with van der Waals surface area (Å²) in [7, 11) is 0. The van der Waals surface area contributed by atoms with Crippen molar-refractivity contribution in [1.82, 2.24) is 4.90 Å². The smallest absolute Gasteiger partial charge is 0.223 e. The van der Waals surface area contributed by atoms with E-state index in [2.05, 4.69) is 29.2 Å². The van der Waals surface area contributed by atoms with Crippen LogP contribution in [0.3, 0.4) is 0 Å². The minimum Gasteiger partial charge on any atom is -0.336 e. The Morgan fingerprint density at radius 1 is 1.15 bits per heavy atom. The molecule has 1 aromatic rings. The molecule has 2 fully saturated rings. The maximum Gasteiger partial charge on any atom is 0.223 e. The predicted molar refractivity (Wildman–Crippen MR) is 80.1 cm³/mol. The molecule has 2 N–H and O–H groups in total. The Morgan fingerprint density at radius 2 is 1.95 bits per heavy atom. The molecule has 3 nitrogen and oxygen atoms in total. The highest BCUT2D eigenvalue weighted by atomic mass is 16.2. The van der Waals surface area contributed by atoms with Crippen molar-refractivity contribution in [3.63, 3.8) is 0 Å². The lowest BCUT2D eigenvalue weighted by molar-refractivity contribution is -0.133. The monoisotopic (exact) mass is 272 g/mol. The minimum absolute atomic E-state index is 0.233. The lowest BCUT2D eigenvalue weighted by Gasteiger charge is -2.27. The second-order valence-electron chi connectivity index (χ2n) is 6.21. The van der Waals surface area contributed by atoms with Crippen molar-refractivity contribution >= 4 is 5.91 Å². The van der Waals surface area contributed by atoms with Gasteiger partial charge in [-0.15, -0.1) is 0 Å². The number of likely N-dealkylation sites (tertiary alicyclic amines) is 1. The fourth-order valence-electron chi connectivity index (χ4n) is 3.75. The summed E-state index contributed by atoms with van der Waals surface area (Å²) in [5.74, 6) is 0.707. The van der Waals surface area contributed by atoms with Crippen LogP contribution in [-0.2, 0) is 4.79 Å². The van der Waals surface area contributed by atoms with Crippen LogP contribution in [0.4, 0.5) is 0 Å². The first-order chi connectivity index (χ1) is 9.75. The van der Waals surface area contributed by atoms with Crippen LogP contribution in [0.1, 0.15) is 50.1 Å². The number of hydrogen-bond acceptors (Lipinski definition) is 2. The number of benzene rings is 1. The topological polar surface area (TPSA) is 46.3 Å². The summed E-state index contributed by atoms with van der Waals surface area (Å²) < 4.78 is 0. The molecule has 108 valence electrons. The van der Waals surface area contributed by atoms with Gasteiger partial charge in [0, 0.05) is 19.0 Å². The summed E-state index contributed by atoms with van der Waals surface area (Å²) in [6.45, 7) is 0.903. The molecule has 20 heavy (non-hydrogen) atoms. The highest BCUT2D eigenvalue weighted by molar-refractivity contribution is 5.77. The number of nitrogens with zero attached hydrogens (tertiary/aromatic N) is 1. The summed E-state index contributed by atoms with van der Waals surface area (Å²) in [6, 6.07) is 10.9. The van der Waals surface area contributed by atoms with Gasteiger partial charge in [0.15, 0.2) is 0 Å². The molecule has 1 aliphatic carbocycles. The van der Waals surface area contributed by atoms with Crippen LogP contribution in [0.2, 0.25) is 0 Å². The van der Waals surface area contributed by atoms with E-state index in [0.29, 0.717) is 18.2 Å². The van der Waals surface area contributed by atoms with Gasteiger partial charge in [-0.2, -0.15) is 0 Å². The average Bonchev–Trinajstić information content (AvgIpc) is 3.09. The van der Waals surface area contributed by atoms with Crippen molar-refractivity contribution in [2.24, 2.45) is 11.7 Å². The highest BCUT2D eigenvalue weighted by Gasteiger charge is 2.33. The third-order valence-corrected chi connectivity index (χ3v) is 4.91. The van der Waals surface area contributed by atoms with Gasteiger partial charge in [-0.25, -0.2) is 0 Å². The highest BCUT2D eigenvalue weighted by Crippen LogP contribution is 2.34. The largest absolute Gasteiger partial charge is 0.336 e. The number of carbonyl (C=O) groups is 1. The molecule has 1 amide bonds. The first kappa shape index (κ1) is 13.6. The van der Waals surface area contributed by atoms with Crippen molar-refractivity contribution in [3.8, 4) is 0 Å². The molecule has 3 rings (SSSR count). The molecule has 0 aromatic heterocycles. The Labute approximate surface area is 121 Å². The van der Waals surface area contributed by atoms with E-state index in [4.69, 9.17) is 5.73 Å². The van der Waals surface area contributed by atoms with Crippen molar-refractivity contribution in [3.05, 3.63) is 35.9 Å². The van der Waals surface area contributed by atoms with Crippen molar-refractivity contribution in [2.45, 2.75) is 50.6 Å². The zero-order chi connectivity index (χ0) is 13.9. The molecule has 0 bridgehead atoms. The second-order valence-corrected chi connectivity index (χ2v) is 6.21. The normalized spacial score (nSPS) is 29.9. The molecule has 1 aromatic carbocycles. The van der Waals surface area contributed by atoms with Crippen molar-refractivity contribution in [2.75, 3.05) is 6.54 Å². The Balaban J connectivity index is 1.67. The summed E-state index contributed by atoms with van der Waals surface area (Å²) in [5, 5.41) is 0. The summed E-state index contributed by atoms with van der Waals surface area (Å²) in [6.07, 6.45) is 6.23. The molecule has 1 heterocycles.